The molecule has 0 bridgehead atoms. The maximum absolute atomic E-state index is 14.3. The van der Waals surface area contributed by atoms with E-state index in [2.05, 4.69) is 10.4 Å². The molecule has 3 aliphatic rings. The summed E-state index contributed by atoms with van der Waals surface area (Å²) in [7, 11) is 0. The standard InChI is InChI=1S/C32H35Cl2F3N6O5/c1-30(2,3)48-29(46)41-11-9-31(10-12-41)8-4-5-22-24(31)27(45)43-28(39-26(40-43)18-6-13-47-14-7-18)42(22)17-23(44)38-25-20(33)15-19(16-21(25)34)32(35,36)37/h6,15-16H,4-5,7-14,17H2,1-3H3,(H,38,44). The lowest BCUT2D eigenvalue weighted by molar-refractivity contribution is -0.137. The van der Waals surface area contributed by atoms with Crippen LogP contribution in [0.15, 0.2) is 23.0 Å². The van der Waals surface area contributed by atoms with Crippen LogP contribution in [0.2, 0.25) is 10.0 Å². The minimum Gasteiger partial charge on any atom is -0.444 e. The Balaban J connectivity index is 1.40. The zero-order valence-corrected chi connectivity index (χ0v) is 28.2. The molecule has 48 heavy (non-hydrogen) atoms. The van der Waals surface area contributed by atoms with E-state index in [4.69, 9.17) is 37.7 Å². The van der Waals surface area contributed by atoms with Crippen molar-refractivity contribution < 1.29 is 32.2 Å². The number of anilines is 1. The summed E-state index contributed by atoms with van der Waals surface area (Å²) in [5.74, 6) is -0.140. The number of amides is 2. The van der Waals surface area contributed by atoms with Crippen molar-refractivity contribution in [3.05, 3.63) is 61.3 Å². The van der Waals surface area contributed by atoms with Crippen LogP contribution in [0.5, 0.6) is 0 Å². The molecule has 11 nitrogen and oxygen atoms in total. The van der Waals surface area contributed by atoms with Crippen LogP contribution >= 0.6 is 23.2 Å². The average molecular weight is 712 g/mol. The number of alkyl halides is 3. The van der Waals surface area contributed by atoms with Crippen LogP contribution in [0.3, 0.4) is 0 Å². The molecular weight excluding hydrogens is 676 g/mol. The highest BCUT2D eigenvalue weighted by molar-refractivity contribution is 6.39. The first-order chi connectivity index (χ1) is 22.6. The Morgan fingerprint density at radius 2 is 1.77 bits per heavy atom. The van der Waals surface area contributed by atoms with Crippen LogP contribution in [0.4, 0.5) is 23.7 Å². The van der Waals surface area contributed by atoms with Gasteiger partial charge in [0.2, 0.25) is 11.7 Å². The van der Waals surface area contributed by atoms with Crippen molar-refractivity contribution in [1.29, 1.82) is 0 Å². The second kappa shape index (κ2) is 12.7. The van der Waals surface area contributed by atoms with E-state index >= 15 is 0 Å². The van der Waals surface area contributed by atoms with Crippen LogP contribution < -0.4 is 10.9 Å². The van der Waals surface area contributed by atoms with Gasteiger partial charge in [-0.1, -0.05) is 29.3 Å². The molecule has 1 fully saturated rings. The molecule has 6 rings (SSSR count). The van der Waals surface area contributed by atoms with Crippen LogP contribution in [0.1, 0.15) is 75.5 Å². The van der Waals surface area contributed by atoms with Gasteiger partial charge in [0.15, 0.2) is 5.82 Å². The molecule has 0 saturated carbocycles. The lowest BCUT2D eigenvalue weighted by Gasteiger charge is -2.45. The van der Waals surface area contributed by atoms with Gasteiger partial charge in [0.25, 0.3) is 5.56 Å². The number of carbonyl (C=O) groups excluding carboxylic acids is 2. The molecule has 0 unspecified atom stereocenters. The van der Waals surface area contributed by atoms with Crippen molar-refractivity contribution in [3.8, 4) is 0 Å². The Morgan fingerprint density at radius 3 is 2.38 bits per heavy atom. The first-order valence-electron chi connectivity index (χ1n) is 15.7. The molecule has 1 N–H and O–H groups in total. The van der Waals surface area contributed by atoms with E-state index in [-0.39, 0.29) is 33.6 Å². The third-order valence-electron chi connectivity index (χ3n) is 9.01. The van der Waals surface area contributed by atoms with Crippen LogP contribution in [0.25, 0.3) is 11.4 Å². The fraction of sp³-hybridized carbons (Fsp3) is 0.531. The summed E-state index contributed by atoms with van der Waals surface area (Å²) in [6.45, 7) is 6.68. The van der Waals surface area contributed by atoms with Crippen LogP contribution in [-0.2, 0) is 38.8 Å². The number of nitrogens with zero attached hydrogens (tertiary/aromatic N) is 5. The summed E-state index contributed by atoms with van der Waals surface area (Å²) >= 11 is 12.3. The lowest BCUT2D eigenvalue weighted by Crippen LogP contribution is -2.51. The fourth-order valence-corrected chi connectivity index (χ4v) is 7.35. The predicted molar refractivity (Wildman–Crippen MR) is 172 cm³/mol. The number of piperidine rings is 1. The number of halogens is 5. The van der Waals surface area contributed by atoms with E-state index in [1.54, 1.807) is 30.2 Å². The van der Waals surface area contributed by atoms with E-state index in [0.717, 1.165) is 12.0 Å². The molecule has 2 aromatic heterocycles. The van der Waals surface area contributed by atoms with Gasteiger partial charge in [-0.05, 0) is 77.0 Å². The van der Waals surface area contributed by atoms with Crippen molar-refractivity contribution >= 4 is 52.2 Å². The van der Waals surface area contributed by atoms with E-state index in [9.17, 15) is 27.6 Å². The molecule has 1 aliphatic carbocycles. The minimum atomic E-state index is -4.68. The van der Waals surface area contributed by atoms with Crippen LogP contribution in [0, 0.1) is 0 Å². The van der Waals surface area contributed by atoms with E-state index in [0.29, 0.717) is 87.6 Å². The largest absolute Gasteiger partial charge is 0.444 e. The second-order valence-electron chi connectivity index (χ2n) is 13.4. The molecule has 258 valence electrons. The zero-order chi connectivity index (χ0) is 34.6. The Morgan fingerprint density at radius 1 is 1.08 bits per heavy atom. The monoisotopic (exact) mass is 710 g/mol. The number of benzene rings is 1. The average Bonchev–Trinajstić information content (AvgIpc) is 3.46. The van der Waals surface area contributed by atoms with E-state index in [1.807, 2.05) is 6.08 Å². The van der Waals surface area contributed by atoms with Crippen molar-refractivity contribution in [2.45, 2.75) is 83.0 Å². The highest BCUT2D eigenvalue weighted by Gasteiger charge is 2.45. The summed E-state index contributed by atoms with van der Waals surface area (Å²) in [5, 5.41) is 6.41. The molecule has 1 spiro atoms. The number of ether oxygens (including phenoxy) is 2. The smallest absolute Gasteiger partial charge is 0.416 e. The number of hydrogen-bond acceptors (Lipinski definition) is 7. The molecule has 2 aliphatic heterocycles. The predicted octanol–water partition coefficient (Wildman–Crippen LogP) is 6.26. The molecule has 0 radical (unpaired) electrons. The number of nitrogens with one attached hydrogen (secondary N) is 1. The maximum Gasteiger partial charge on any atom is 0.416 e. The van der Waals surface area contributed by atoms with Crippen molar-refractivity contribution in [1.82, 2.24) is 24.1 Å². The number of fused-ring (bicyclic) bond motifs is 3. The van der Waals surface area contributed by atoms with Crippen LogP contribution in [-0.4, -0.2) is 68.0 Å². The zero-order valence-electron chi connectivity index (χ0n) is 26.7. The fourth-order valence-electron chi connectivity index (χ4n) is 6.77. The molecule has 1 saturated heterocycles. The summed E-state index contributed by atoms with van der Waals surface area (Å²) in [4.78, 5) is 47.2. The number of aromatic nitrogens is 4. The van der Waals surface area contributed by atoms with Gasteiger partial charge in [-0.2, -0.15) is 22.7 Å². The van der Waals surface area contributed by atoms with E-state index < -0.39 is 34.8 Å². The Bertz CT molecular complexity index is 1850. The third kappa shape index (κ3) is 6.66. The number of carbonyl (C=O) groups is 2. The molecule has 3 aromatic rings. The molecule has 0 atom stereocenters. The highest BCUT2D eigenvalue weighted by Crippen LogP contribution is 2.44. The van der Waals surface area contributed by atoms with Gasteiger partial charge in [0, 0.05) is 29.8 Å². The van der Waals surface area contributed by atoms with Gasteiger partial charge in [-0.15, -0.1) is 5.10 Å². The van der Waals surface area contributed by atoms with Gasteiger partial charge in [0.1, 0.15) is 12.1 Å². The summed E-state index contributed by atoms with van der Waals surface area (Å²) in [6, 6.07) is 1.39. The van der Waals surface area contributed by atoms with Gasteiger partial charge in [0.05, 0.1) is 34.5 Å². The number of hydrogen-bond donors (Lipinski definition) is 1. The summed E-state index contributed by atoms with van der Waals surface area (Å²) < 4.78 is 53.8. The maximum atomic E-state index is 14.3. The Kier molecular flexibility index (Phi) is 9.05. The summed E-state index contributed by atoms with van der Waals surface area (Å²) in [6.07, 6.45) is 0.215. The first-order valence-corrected chi connectivity index (χ1v) is 16.5. The van der Waals surface area contributed by atoms with Gasteiger partial charge < -0.3 is 24.3 Å². The lowest BCUT2D eigenvalue weighted by atomic mass is 9.66. The molecule has 16 heteroatoms. The van der Waals surface area contributed by atoms with Crippen molar-refractivity contribution in [2.75, 3.05) is 31.6 Å². The highest BCUT2D eigenvalue weighted by atomic mass is 35.5. The first kappa shape index (κ1) is 34.3. The van der Waals surface area contributed by atoms with Gasteiger partial charge in [-0.25, -0.2) is 4.79 Å². The SMILES string of the molecule is CC(C)(C)OC(=O)N1CCC2(CCCc3c2c(=O)n2nc(C4=CCOCC4)nc2n3CC(=O)Nc2c(Cl)cc(C(F)(F)F)cc2Cl)CC1. The van der Waals surface area contributed by atoms with Crippen molar-refractivity contribution in [2.24, 2.45) is 0 Å². The van der Waals surface area contributed by atoms with E-state index in [1.165, 1.54) is 4.52 Å². The summed E-state index contributed by atoms with van der Waals surface area (Å²) in [5.41, 5.74) is -0.812. The second-order valence-corrected chi connectivity index (χ2v) is 14.2. The Labute approximate surface area is 284 Å². The quantitative estimate of drug-likeness (QED) is 0.339. The Hall–Kier alpha value is -3.62. The molecule has 4 heterocycles. The molecule has 2 amide bonds. The topological polar surface area (TPSA) is 120 Å². The van der Waals surface area contributed by atoms with Gasteiger partial charge >= 0.3 is 12.3 Å². The number of rotatable bonds is 4. The van der Waals surface area contributed by atoms with Gasteiger partial charge in [-0.3, -0.25) is 9.59 Å². The molecule has 1 aromatic carbocycles. The number of likely N-dealkylation sites (tertiary alicyclic amines) is 1. The normalized spacial score (nSPS) is 18.1. The molecular formula is C32H35Cl2F3N6O5. The third-order valence-corrected chi connectivity index (χ3v) is 9.61. The minimum absolute atomic E-state index is 0.157. The van der Waals surface area contributed by atoms with Crippen molar-refractivity contribution in [3.63, 3.8) is 0 Å².